The predicted molar refractivity (Wildman–Crippen MR) is 172 cm³/mol. The fraction of sp³-hybridized carbons (Fsp3) is 0.257. The first-order chi connectivity index (χ1) is 22.4. The minimum absolute atomic E-state index is 0.102. The zero-order valence-corrected chi connectivity index (χ0v) is 26.1. The second kappa shape index (κ2) is 11.0. The highest BCUT2D eigenvalue weighted by Crippen LogP contribution is 2.56. The summed E-state index contributed by atoms with van der Waals surface area (Å²) >= 11 is 1.62. The van der Waals surface area contributed by atoms with Crippen LogP contribution in [0.15, 0.2) is 66.7 Å². The Morgan fingerprint density at radius 1 is 0.870 bits per heavy atom. The van der Waals surface area contributed by atoms with Gasteiger partial charge in [0, 0.05) is 23.1 Å². The van der Waals surface area contributed by atoms with Crippen LogP contribution < -0.4 is 29.0 Å². The Balaban J connectivity index is 1.19. The lowest BCUT2D eigenvalue weighted by atomic mass is 9.65. The molecule has 1 aliphatic carbocycles. The maximum Gasteiger partial charge on any atom is 0.310 e. The highest BCUT2D eigenvalue weighted by molar-refractivity contribution is 7.21. The van der Waals surface area contributed by atoms with Crippen molar-refractivity contribution in [2.24, 2.45) is 11.8 Å². The summed E-state index contributed by atoms with van der Waals surface area (Å²) in [4.78, 5) is 18.3. The van der Waals surface area contributed by atoms with Crippen molar-refractivity contribution >= 4 is 33.2 Å². The fourth-order valence-electron chi connectivity index (χ4n) is 6.89. The van der Waals surface area contributed by atoms with E-state index < -0.39 is 11.8 Å². The standard InChI is InChI=1S/C35H30N2O8S/c1-40-20-8-9-24-29(12-20)46-34(37-24)17-4-6-19(7-5-17)36-32-22-14-26-25(44-16-45-26)13-21(22)30(31-23(32)15-43-35(31)39)18-10-27(41-2)33(38)28(11-18)42-3/h4-14,23,30-32,36,38H,15-16H2,1-3H3/t23-,30+,31-,32+/m0/s1. The molecule has 4 aromatic carbocycles. The normalized spacial score (nSPS) is 21.0. The third kappa shape index (κ3) is 4.53. The van der Waals surface area contributed by atoms with Crippen LogP contribution in [0.1, 0.15) is 28.7 Å². The number of phenols is 1. The van der Waals surface area contributed by atoms with Gasteiger partial charge in [0.1, 0.15) is 10.8 Å². The molecule has 3 aliphatic rings. The molecule has 4 atom stereocenters. The number of methoxy groups -OCH3 is 3. The Hall–Kier alpha value is -5.16. The summed E-state index contributed by atoms with van der Waals surface area (Å²) in [5.74, 6) is 1.08. The molecular formula is C35H30N2O8S. The summed E-state index contributed by atoms with van der Waals surface area (Å²) in [5, 5.41) is 15.3. The number of aromatic nitrogens is 1. The molecular weight excluding hydrogens is 608 g/mol. The van der Waals surface area contributed by atoms with Crippen LogP contribution in [0.2, 0.25) is 0 Å². The fourth-order valence-corrected chi connectivity index (χ4v) is 7.88. The summed E-state index contributed by atoms with van der Waals surface area (Å²) < 4.78 is 34.7. The number of rotatable bonds is 7. The number of aromatic hydroxyl groups is 1. The number of fused-ring (bicyclic) bond motifs is 4. The number of nitrogens with one attached hydrogen (secondary N) is 1. The smallest absolute Gasteiger partial charge is 0.310 e. The number of nitrogens with zero attached hydrogens (tertiary/aromatic N) is 1. The van der Waals surface area contributed by atoms with E-state index in [1.54, 1.807) is 30.6 Å². The Bertz CT molecular complexity index is 1970. The van der Waals surface area contributed by atoms with Gasteiger partial charge in [-0.3, -0.25) is 4.79 Å². The zero-order valence-electron chi connectivity index (χ0n) is 25.2. The second-order valence-corrected chi connectivity index (χ2v) is 12.5. The SMILES string of the molecule is COc1ccc2nc(-c3ccc(N[C@@H]4c5cc6c(cc5[C@@H](c5cc(OC)c(O)c(OC)c5)[C@H]5C(=O)OC[C@@H]54)OCO6)cc3)sc2c1. The lowest BCUT2D eigenvalue weighted by molar-refractivity contribution is -0.141. The molecule has 1 aromatic heterocycles. The van der Waals surface area contributed by atoms with Gasteiger partial charge in [0.25, 0.3) is 0 Å². The van der Waals surface area contributed by atoms with Gasteiger partial charge in [-0.15, -0.1) is 11.3 Å². The minimum Gasteiger partial charge on any atom is -0.502 e. The van der Waals surface area contributed by atoms with Crippen molar-refractivity contribution in [2.75, 3.05) is 40.0 Å². The van der Waals surface area contributed by atoms with Gasteiger partial charge >= 0.3 is 5.97 Å². The highest BCUT2D eigenvalue weighted by atomic mass is 32.1. The van der Waals surface area contributed by atoms with E-state index in [1.807, 2.05) is 54.6 Å². The number of carbonyl (C=O) groups is 1. The predicted octanol–water partition coefficient (Wildman–Crippen LogP) is 6.51. The van der Waals surface area contributed by atoms with Crippen LogP contribution in [0.4, 0.5) is 5.69 Å². The maximum absolute atomic E-state index is 13.5. The van der Waals surface area contributed by atoms with Crippen molar-refractivity contribution in [3.05, 3.63) is 83.4 Å². The molecule has 0 amide bonds. The molecule has 0 unspecified atom stereocenters. The van der Waals surface area contributed by atoms with Gasteiger partial charge in [-0.25, -0.2) is 4.98 Å². The van der Waals surface area contributed by atoms with E-state index in [-0.39, 0.29) is 48.6 Å². The molecule has 3 heterocycles. The Kier molecular flexibility index (Phi) is 6.79. The monoisotopic (exact) mass is 638 g/mol. The summed E-state index contributed by atoms with van der Waals surface area (Å²) in [6, 6.07) is 21.2. The molecule has 11 heteroatoms. The number of ether oxygens (including phenoxy) is 6. The molecule has 2 N–H and O–H groups in total. The van der Waals surface area contributed by atoms with Crippen LogP contribution in [0.3, 0.4) is 0 Å². The van der Waals surface area contributed by atoms with E-state index in [9.17, 15) is 9.90 Å². The number of hydrogen-bond donors (Lipinski definition) is 2. The quantitative estimate of drug-likeness (QED) is 0.191. The number of benzene rings is 4. The number of esters is 1. The summed E-state index contributed by atoms with van der Waals surface area (Å²) in [6.07, 6.45) is 0. The Morgan fingerprint density at radius 3 is 2.28 bits per heavy atom. The van der Waals surface area contributed by atoms with Gasteiger partial charge in [0.05, 0.1) is 50.1 Å². The average molecular weight is 639 g/mol. The molecule has 5 aromatic rings. The zero-order chi connectivity index (χ0) is 31.5. The van der Waals surface area contributed by atoms with Crippen molar-refractivity contribution in [3.8, 4) is 45.1 Å². The van der Waals surface area contributed by atoms with Gasteiger partial charge in [0.15, 0.2) is 23.0 Å². The number of carbonyl (C=O) groups excluding carboxylic acids is 1. The maximum atomic E-state index is 13.5. The number of phenolic OH excluding ortho intramolecular Hbond substituents is 1. The van der Waals surface area contributed by atoms with Crippen LogP contribution in [-0.4, -0.2) is 50.8 Å². The van der Waals surface area contributed by atoms with E-state index in [0.717, 1.165) is 48.9 Å². The van der Waals surface area contributed by atoms with Crippen LogP contribution >= 0.6 is 11.3 Å². The van der Waals surface area contributed by atoms with Crippen LogP contribution in [0, 0.1) is 11.8 Å². The third-order valence-corrected chi connectivity index (χ3v) is 10.2. The summed E-state index contributed by atoms with van der Waals surface area (Å²) in [6.45, 7) is 0.377. The number of hydrogen-bond acceptors (Lipinski definition) is 11. The lowest BCUT2D eigenvalue weighted by Gasteiger charge is -2.40. The molecule has 0 saturated carbocycles. The number of anilines is 1. The van der Waals surface area contributed by atoms with Crippen molar-refractivity contribution in [2.45, 2.75) is 12.0 Å². The van der Waals surface area contributed by atoms with E-state index in [4.69, 9.17) is 33.4 Å². The van der Waals surface area contributed by atoms with Gasteiger partial charge in [-0.1, -0.05) is 0 Å². The topological polar surface area (TPSA) is 118 Å². The lowest BCUT2D eigenvalue weighted by Crippen LogP contribution is -2.37. The molecule has 0 bridgehead atoms. The molecule has 1 fully saturated rings. The van der Waals surface area contributed by atoms with Gasteiger partial charge in [-0.2, -0.15) is 0 Å². The molecule has 0 spiro atoms. The van der Waals surface area contributed by atoms with Gasteiger partial charge in [-0.05, 0) is 83.4 Å². The average Bonchev–Trinajstić information content (AvgIpc) is 3.82. The third-order valence-electron chi connectivity index (χ3n) is 9.10. The molecule has 0 radical (unpaired) electrons. The molecule has 1 saturated heterocycles. The highest BCUT2D eigenvalue weighted by Gasteiger charge is 2.52. The Morgan fingerprint density at radius 2 is 1.59 bits per heavy atom. The minimum atomic E-state index is -0.511. The van der Waals surface area contributed by atoms with Crippen molar-refractivity contribution in [1.82, 2.24) is 4.98 Å². The Labute approximate surface area is 268 Å². The summed E-state index contributed by atoms with van der Waals surface area (Å²) in [5.41, 5.74) is 5.46. The van der Waals surface area contributed by atoms with Crippen LogP contribution in [-0.2, 0) is 9.53 Å². The first-order valence-corrected chi connectivity index (χ1v) is 15.6. The number of thiazole rings is 1. The van der Waals surface area contributed by atoms with Gasteiger partial charge < -0.3 is 38.8 Å². The second-order valence-electron chi connectivity index (χ2n) is 11.5. The van der Waals surface area contributed by atoms with Crippen molar-refractivity contribution < 1.29 is 38.3 Å². The van der Waals surface area contributed by atoms with E-state index in [1.165, 1.54) is 14.2 Å². The van der Waals surface area contributed by atoms with Crippen LogP contribution in [0.25, 0.3) is 20.8 Å². The molecule has 8 rings (SSSR count). The molecule has 46 heavy (non-hydrogen) atoms. The first kappa shape index (κ1) is 28.3. The van der Waals surface area contributed by atoms with E-state index >= 15 is 0 Å². The van der Waals surface area contributed by atoms with E-state index in [2.05, 4.69) is 5.32 Å². The molecule has 10 nitrogen and oxygen atoms in total. The summed E-state index contributed by atoms with van der Waals surface area (Å²) in [7, 11) is 4.62. The largest absolute Gasteiger partial charge is 0.502 e. The van der Waals surface area contributed by atoms with E-state index in [0.29, 0.717) is 11.5 Å². The van der Waals surface area contributed by atoms with Crippen LogP contribution in [0.5, 0.6) is 34.5 Å². The number of cyclic esters (lactones) is 1. The molecule has 2 aliphatic heterocycles. The molecule has 234 valence electrons. The van der Waals surface area contributed by atoms with Crippen molar-refractivity contribution in [1.29, 1.82) is 0 Å². The van der Waals surface area contributed by atoms with Crippen molar-refractivity contribution in [3.63, 3.8) is 0 Å². The van der Waals surface area contributed by atoms with Gasteiger partial charge in [0.2, 0.25) is 12.5 Å². The first-order valence-electron chi connectivity index (χ1n) is 14.8.